The van der Waals surface area contributed by atoms with Crippen LogP contribution in [0.5, 0.6) is 0 Å². The third kappa shape index (κ3) is 5.68. The molecule has 5 nitrogen and oxygen atoms in total. The Hall–Kier alpha value is -1.10. The maximum atomic E-state index is 11.8. The number of hydrogen-bond donors (Lipinski definition) is 2. The molecular formula is C12H24N2O3. The van der Waals surface area contributed by atoms with E-state index in [2.05, 4.69) is 5.32 Å². The van der Waals surface area contributed by atoms with Crippen LogP contribution in [0.1, 0.15) is 33.6 Å². The van der Waals surface area contributed by atoms with Gasteiger partial charge in [-0.1, -0.05) is 6.92 Å². The molecule has 0 saturated heterocycles. The number of likely N-dealkylation sites (N-methyl/N-ethyl adjacent to an activating group) is 1. The zero-order valence-electron chi connectivity index (χ0n) is 11.2. The van der Waals surface area contributed by atoms with Crippen molar-refractivity contribution in [1.29, 1.82) is 0 Å². The van der Waals surface area contributed by atoms with Crippen LogP contribution in [0.4, 0.5) is 0 Å². The molecule has 0 heterocycles. The highest BCUT2D eigenvalue weighted by Gasteiger charge is 2.33. The fourth-order valence-electron chi connectivity index (χ4n) is 1.59. The number of nitrogens with one attached hydrogen (secondary N) is 1. The minimum absolute atomic E-state index is 0.276. The molecule has 5 heteroatoms. The highest BCUT2D eigenvalue weighted by atomic mass is 16.5. The number of rotatable bonds is 8. The smallest absolute Gasteiger partial charge is 0.311 e. The van der Waals surface area contributed by atoms with Gasteiger partial charge in [-0.2, -0.15) is 0 Å². The number of hydrogen-bond acceptors (Lipinski definition) is 4. The van der Waals surface area contributed by atoms with Gasteiger partial charge in [0.05, 0.1) is 5.41 Å². The number of carbonyl (C=O) groups excluding carboxylic acids is 2. The van der Waals surface area contributed by atoms with Gasteiger partial charge in [0.25, 0.3) is 0 Å². The number of carbonyl (C=O) groups is 2. The van der Waals surface area contributed by atoms with Gasteiger partial charge in [0.2, 0.25) is 5.91 Å². The van der Waals surface area contributed by atoms with Crippen LogP contribution in [-0.2, 0) is 14.3 Å². The average molecular weight is 244 g/mol. The summed E-state index contributed by atoms with van der Waals surface area (Å²) < 4.78 is 5.12. The summed E-state index contributed by atoms with van der Waals surface area (Å²) in [5.41, 5.74) is 4.60. The van der Waals surface area contributed by atoms with E-state index in [9.17, 15) is 9.59 Å². The van der Waals surface area contributed by atoms with Crippen LogP contribution >= 0.6 is 0 Å². The second-order valence-electron chi connectivity index (χ2n) is 4.84. The summed E-state index contributed by atoms with van der Waals surface area (Å²) in [7, 11) is 1.79. The van der Waals surface area contributed by atoms with Crippen molar-refractivity contribution < 1.29 is 14.3 Å². The largest absolute Gasteiger partial charge is 0.464 e. The maximum Gasteiger partial charge on any atom is 0.311 e. The summed E-state index contributed by atoms with van der Waals surface area (Å²) in [6.45, 7) is 6.40. The zero-order valence-corrected chi connectivity index (χ0v) is 11.2. The van der Waals surface area contributed by atoms with Gasteiger partial charge in [-0.3, -0.25) is 9.59 Å². The van der Waals surface area contributed by atoms with E-state index in [1.54, 1.807) is 20.9 Å². The third-order valence-electron chi connectivity index (χ3n) is 2.79. The summed E-state index contributed by atoms with van der Waals surface area (Å²) in [6.07, 6.45) is 1.07. The topological polar surface area (TPSA) is 81.4 Å². The molecule has 0 spiro atoms. The van der Waals surface area contributed by atoms with Crippen LogP contribution in [0.3, 0.4) is 0 Å². The van der Waals surface area contributed by atoms with Crippen molar-refractivity contribution in [2.75, 3.05) is 20.2 Å². The van der Waals surface area contributed by atoms with Gasteiger partial charge in [0, 0.05) is 12.5 Å². The first-order chi connectivity index (χ1) is 7.85. The zero-order chi connectivity index (χ0) is 13.5. The van der Waals surface area contributed by atoms with Crippen LogP contribution in [0.25, 0.3) is 0 Å². The Kier molecular flexibility index (Phi) is 6.80. The van der Waals surface area contributed by atoms with E-state index in [0.717, 1.165) is 0 Å². The lowest BCUT2D eigenvalue weighted by molar-refractivity contribution is -0.155. The first kappa shape index (κ1) is 15.9. The minimum atomic E-state index is -0.677. The molecule has 100 valence electrons. The summed E-state index contributed by atoms with van der Waals surface area (Å²) in [5, 5.41) is 2.89. The van der Waals surface area contributed by atoms with Crippen molar-refractivity contribution in [1.82, 2.24) is 5.32 Å². The summed E-state index contributed by atoms with van der Waals surface area (Å²) >= 11 is 0. The Morgan fingerprint density at radius 3 is 2.41 bits per heavy atom. The number of nitrogens with two attached hydrogens (primary N) is 1. The summed E-state index contributed by atoms with van der Waals surface area (Å²) in [6, 6.07) is 0. The molecule has 3 N–H and O–H groups in total. The first-order valence-corrected chi connectivity index (χ1v) is 5.96. The van der Waals surface area contributed by atoms with Crippen molar-refractivity contribution in [3.63, 3.8) is 0 Å². The molecule has 0 bridgehead atoms. The SMILES string of the molecule is CC[C@H](CC(C)(C)C(=O)OCCNC)C(N)=O. The molecule has 0 aliphatic carbocycles. The molecule has 0 aromatic carbocycles. The molecular weight excluding hydrogens is 220 g/mol. The second-order valence-corrected chi connectivity index (χ2v) is 4.84. The molecule has 0 radical (unpaired) electrons. The maximum absolute atomic E-state index is 11.8. The van der Waals surface area contributed by atoms with E-state index in [0.29, 0.717) is 26.0 Å². The van der Waals surface area contributed by atoms with E-state index in [4.69, 9.17) is 10.5 Å². The molecule has 0 aliphatic rings. The normalized spacial score (nSPS) is 13.2. The van der Waals surface area contributed by atoms with Gasteiger partial charge in [-0.05, 0) is 33.7 Å². The van der Waals surface area contributed by atoms with Gasteiger partial charge in [0.15, 0.2) is 0 Å². The van der Waals surface area contributed by atoms with Crippen molar-refractivity contribution >= 4 is 11.9 Å². The fraction of sp³-hybridized carbons (Fsp3) is 0.833. The number of ether oxygens (including phenoxy) is 1. The van der Waals surface area contributed by atoms with Crippen LogP contribution in [0, 0.1) is 11.3 Å². The van der Waals surface area contributed by atoms with Crippen LogP contribution in [0.2, 0.25) is 0 Å². The average Bonchev–Trinajstić information content (AvgIpc) is 2.25. The molecule has 0 unspecified atom stereocenters. The van der Waals surface area contributed by atoms with E-state index >= 15 is 0 Å². The van der Waals surface area contributed by atoms with Crippen molar-refractivity contribution in [2.24, 2.45) is 17.1 Å². The monoisotopic (exact) mass is 244 g/mol. The van der Waals surface area contributed by atoms with E-state index in [-0.39, 0.29) is 17.8 Å². The molecule has 0 aromatic heterocycles. The first-order valence-electron chi connectivity index (χ1n) is 5.96. The molecule has 0 rings (SSSR count). The summed E-state index contributed by atoms with van der Waals surface area (Å²) in [4.78, 5) is 23.0. The lowest BCUT2D eigenvalue weighted by atomic mass is 9.81. The van der Waals surface area contributed by atoms with Crippen molar-refractivity contribution in [3.05, 3.63) is 0 Å². The predicted octanol–water partition coefficient (Wildman–Crippen LogP) is 0.677. The molecule has 1 atom stereocenters. The van der Waals surface area contributed by atoms with E-state index in [1.807, 2.05) is 6.92 Å². The minimum Gasteiger partial charge on any atom is -0.464 e. The second kappa shape index (κ2) is 7.27. The van der Waals surface area contributed by atoms with Crippen LogP contribution < -0.4 is 11.1 Å². The highest BCUT2D eigenvalue weighted by Crippen LogP contribution is 2.28. The third-order valence-corrected chi connectivity index (χ3v) is 2.79. The lowest BCUT2D eigenvalue weighted by Gasteiger charge is -2.25. The molecule has 0 aliphatic heterocycles. The Morgan fingerprint density at radius 2 is 2.00 bits per heavy atom. The number of primary amides is 1. The highest BCUT2D eigenvalue weighted by molar-refractivity contribution is 5.80. The van der Waals surface area contributed by atoms with Gasteiger partial charge < -0.3 is 15.8 Å². The van der Waals surface area contributed by atoms with Gasteiger partial charge in [-0.25, -0.2) is 0 Å². The van der Waals surface area contributed by atoms with Gasteiger partial charge in [0.1, 0.15) is 6.61 Å². The van der Waals surface area contributed by atoms with Gasteiger partial charge in [-0.15, -0.1) is 0 Å². The molecule has 1 amide bonds. The van der Waals surface area contributed by atoms with Crippen molar-refractivity contribution in [3.8, 4) is 0 Å². The standard InChI is InChI=1S/C12H24N2O3/c1-5-9(10(13)15)8-12(2,3)11(16)17-7-6-14-4/h9,14H,5-8H2,1-4H3,(H2,13,15)/t9-/m1/s1. The molecule has 0 saturated carbocycles. The quantitative estimate of drug-likeness (QED) is 0.486. The van der Waals surface area contributed by atoms with E-state index < -0.39 is 5.41 Å². The van der Waals surface area contributed by atoms with E-state index in [1.165, 1.54) is 0 Å². The Balaban J connectivity index is 4.33. The lowest BCUT2D eigenvalue weighted by Crippen LogP contribution is -2.34. The number of esters is 1. The molecule has 0 aromatic rings. The molecule has 0 fully saturated rings. The predicted molar refractivity (Wildman–Crippen MR) is 66.3 cm³/mol. The fourth-order valence-corrected chi connectivity index (χ4v) is 1.59. The number of amides is 1. The Bertz CT molecular complexity index is 264. The van der Waals surface area contributed by atoms with Crippen LogP contribution in [0.15, 0.2) is 0 Å². The molecule has 17 heavy (non-hydrogen) atoms. The van der Waals surface area contributed by atoms with Crippen molar-refractivity contribution in [2.45, 2.75) is 33.6 Å². The Labute approximate surface area is 103 Å². The van der Waals surface area contributed by atoms with Crippen LogP contribution in [-0.4, -0.2) is 32.1 Å². The summed E-state index contributed by atoms with van der Waals surface area (Å²) in [5.74, 6) is -0.919. The van der Waals surface area contributed by atoms with Gasteiger partial charge >= 0.3 is 5.97 Å². The Morgan fingerprint density at radius 1 is 1.41 bits per heavy atom.